The molecule has 0 aliphatic heterocycles. The molecule has 0 fully saturated rings. The fourth-order valence-corrected chi connectivity index (χ4v) is 2.37. The summed E-state index contributed by atoms with van der Waals surface area (Å²) < 4.78 is 7.39. The molecule has 24 heavy (non-hydrogen) atoms. The number of ether oxygens (including phenoxy) is 1. The molecular weight excluding hydrogens is 415 g/mol. The van der Waals surface area contributed by atoms with Crippen molar-refractivity contribution in [1.29, 1.82) is 0 Å². The highest BCUT2D eigenvalue weighted by molar-refractivity contribution is 14.0. The van der Waals surface area contributed by atoms with Gasteiger partial charge in [-0.25, -0.2) is 0 Å². The largest absolute Gasteiger partial charge is 0.497 e. The Hall–Kier alpha value is -1.70. The highest BCUT2D eigenvalue weighted by Gasteiger charge is 1.99. The van der Waals surface area contributed by atoms with Crippen LogP contribution in [0.3, 0.4) is 0 Å². The van der Waals surface area contributed by atoms with Gasteiger partial charge in [0.1, 0.15) is 5.75 Å². The van der Waals surface area contributed by atoms with Gasteiger partial charge in [-0.05, 0) is 42.7 Å². The van der Waals surface area contributed by atoms with Crippen LogP contribution in [0.5, 0.6) is 5.75 Å². The van der Waals surface area contributed by atoms with Crippen LogP contribution in [0.25, 0.3) is 0 Å². The molecule has 0 bridgehead atoms. The second kappa shape index (κ2) is 11.8. The van der Waals surface area contributed by atoms with Crippen LogP contribution in [0.1, 0.15) is 12.0 Å². The summed E-state index contributed by atoms with van der Waals surface area (Å²) in [5.74, 6) is 1.76. The van der Waals surface area contributed by atoms with Gasteiger partial charge in [0.25, 0.3) is 0 Å². The Bertz CT molecular complexity index is 599. The second-order valence-corrected chi connectivity index (χ2v) is 5.30. The number of benzene rings is 1. The van der Waals surface area contributed by atoms with Crippen molar-refractivity contribution < 1.29 is 4.74 Å². The predicted molar refractivity (Wildman–Crippen MR) is 111 cm³/mol. The third-order valence-electron chi connectivity index (χ3n) is 3.62. The Morgan fingerprint density at radius 2 is 1.88 bits per heavy atom. The number of aryl methyl sites for hydroxylation is 1. The number of aliphatic imine (C=N–C) groups is 1. The van der Waals surface area contributed by atoms with Crippen LogP contribution in [0.2, 0.25) is 0 Å². The lowest BCUT2D eigenvalue weighted by molar-refractivity contribution is 0.414. The number of nitrogens with one attached hydrogen (secondary N) is 2. The number of guanidine groups is 1. The molecule has 1 aromatic heterocycles. The third-order valence-corrected chi connectivity index (χ3v) is 3.62. The van der Waals surface area contributed by atoms with E-state index in [9.17, 15) is 0 Å². The third kappa shape index (κ3) is 7.25. The zero-order chi connectivity index (χ0) is 16.3. The van der Waals surface area contributed by atoms with E-state index in [4.69, 9.17) is 4.74 Å². The first-order chi connectivity index (χ1) is 11.3. The molecule has 2 N–H and O–H groups in total. The summed E-state index contributed by atoms with van der Waals surface area (Å²) in [4.78, 5) is 4.24. The van der Waals surface area contributed by atoms with Gasteiger partial charge < -0.3 is 19.9 Å². The Balaban J connectivity index is 0.00000288. The molecule has 0 radical (unpaired) electrons. The lowest BCUT2D eigenvalue weighted by atomic mass is 10.1. The Labute approximate surface area is 161 Å². The second-order valence-electron chi connectivity index (χ2n) is 5.30. The minimum absolute atomic E-state index is 0. The number of rotatable bonds is 8. The molecule has 6 heteroatoms. The topological polar surface area (TPSA) is 50.6 Å². The highest BCUT2D eigenvalue weighted by Crippen LogP contribution is 2.13. The van der Waals surface area contributed by atoms with E-state index >= 15 is 0 Å². The summed E-state index contributed by atoms with van der Waals surface area (Å²) in [6.45, 7) is 2.67. The summed E-state index contributed by atoms with van der Waals surface area (Å²) in [6, 6.07) is 12.3. The molecule has 1 heterocycles. The Morgan fingerprint density at radius 3 is 2.58 bits per heavy atom. The normalized spacial score (nSPS) is 10.8. The molecule has 0 spiro atoms. The van der Waals surface area contributed by atoms with Crippen LogP contribution in [0.15, 0.2) is 53.8 Å². The van der Waals surface area contributed by atoms with Crippen molar-refractivity contribution in [3.63, 3.8) is 0 Å². The molecule has 0 atom stereocenters. The average Bonchev–Trinajstić information content (AvgIpc) is 3.10. The van der Waals surface area contributed by atoms with Crippen LogP contribution in [-0.2, 0) is 13.0 Å². The highest BCUT2D eigenvalue weighted by atomic mass is 127. The minimum atomic E-state index is 0. The summed E-state index contributed by atoms with van der Waals surface area (Å²) in [5.41, 5.74) is 1.29. The molecule has 5 nitrogen and oxygen atoms in total. The first kappa shape index (κ1) is 20.3. The van der Waals surface area contributed by atoms with Crippen LogP contribution >= 0.6 is 24.0 Å². The van der Waals surface area contributed by atoms with E-state index in [-0.39, 0.29) is 24.0 Å². The fourth-order valence-electron chi connectivity index (χ4n) is 2.37. The van der Waals surface area contributed by atoms with E-state index in [0.29, 0.717) is 0 Å². The first-order valence-electron chi connectivity index (χ1n) is 8.00. The minimum Gasteiger partial charge on any atom is -0.497 e. The summed E-state index contributed by atoms with van der Waals surface area (Å²) in [6.07, 6.45) is 6.19. The molecule has 0 saturated heterocycles. The number of nitrogens with zero attached hydrogens (tertiary/aromatic N) is 2. The quantitative estimate of drug-likeness (QED) is 0.286. The van der Waals surface area contributed by atoms with Crippen molar-refractivity contribution in [3.05, 3.63) is 54.4 Å². The van der Waals surface area contributed by atoms with Gasteiger partial charge >= 0.3 is 0 Å². The van der Waals surface area contributed by atoms with Crippen molar-refractivity contribution >= 4 is 29.9 Å². The maximum atomic E-state index is 5.24. The summed E-state index contributed by atoms with van der Waals surface area (Å²) >= 11 is 0. The van der Waals surface area contributed by atoms with E-state index in [2.05, 4.69) is 44.7 Å². The van der Waals surface area contributed by atoms with Gasteiger partial charge in [-0.2, -0.15) is 0 Å². The summed E-state index contributed by atoms with van der Waals surface area (Å²) in [5, 5.41) is 6.67. The van der Waals surface area contributed by atoms with Crippen molar-refractivity contribution in [1.82, 2.24) is 15.2 Å². The van der Waals surface area contributed by atoms with Crippen molar-refractivity contribution in [2.24, 2.45) is 4.99 Å². The lowest BCUT2D eigenvalue weighted by Crippen LogP contribution is -2.39. The fraction of sp³-hybridized carbons (Fsp3) is 0.389. The van der Waals surface area contributed by atoms with E-state index in [1.165, 1.54) is 5.56 Å². The number of aromatic nitrogens is 1. The number of methoxy groups -OCH3 is 1. The standard InChI is InChI=1S/C18H26N4O.HI/c1-19-18(21-11-14-22-12-3-4-13-22)20-10-6-8-16-7-5-9-17(15-16)23-2;/h3-5,7,9,12-13,15H,6,8,10-11,14H2,1-2H3,(H2,19,20,21);1H. The molecule has 2 aromatic rings. The van der Waals surface area contributed by atoms with Gasteiger partial charge in [0.15, 0.2) is 5.96 Å². The van der Waals surface area contributed by atoms with Crippen molar-refractivity contribution in [2.75, 3.05) is 27.2 Å². The molecular formula is C18H27IN4O. The maximum absolute atomic E-state index is 5.24. The number of hydrogen-bond donors (Lipinski definition) is 2. The van der Waals surface area contributed by atoms with Gasteiger partial charge in [-0.15, -0.1) is 24.0 Å². The lowest BCUT2D eigenvalue weighted by Gasteiger charge is -2.12. The van der Waals surface area contributed by atoms with E-state index in [1.54, 1.807) is 14.2 Å². The smallest absolute Gasteiger partial charge is 0.191 e. The molecule has 0 unspecified atom stereocenters. The van der Waals surface area contributed by atoms with E-state index in [1.807, 2.05) is 24.3 Å². The van der Waals surface area contributed by atoms with Crippen LogP contribution in [0, 0.1) is 0 Å². The SMILES string of the molecule is CN=C(NCCCc1cccc(OC)c1)NCCn1cccc1.I. The maximum Gasteiger partial charge on any atom is 0.191 e. The van der Waals surface area contributed by atoms with Gasteiger partial charge in [0.05, 0.1) is 7.11 Å². The molecule has 0 aliphatic carbocycles. The van der Waals surface area contributed by atoms with Gasteiger partial charge in [-0.1, -0.05) is 12.1 Å². The van der Waals surface area contributed by atoms with Gasteiger partial charge in [-0.3, -0.25) is 4.99 Å². The Kier molecular flexibility index (Phi) is 9.98. The average molecular weight is 442 g/mol. The predicted octanol–water partition coefficient (Wildman–Crippen LogP) is 2.91. The van der Waals surface area contributed by atoms with Crippen molar-refractivity contribution in [2.45, 2.75) is 19.4 Å². The number of hydrogen-bond acceptors (Lipinski definition) is 2. The molecule has 0 saturated carbocycles. The zero-order valence-electron chi connectivity index (χ0n) is 14.4. The molecule has 132 valence electrons. The summed E-state index contributed by atoms with van der Waals surface area (Å²) in [7, 11) is 3.50. The Morgan fingerprint density at radius 1 is 1.12 bits per heavy atom. The molecule has 0 aliphatic rings. The van der Waals surface area contributed by atoms with E-state index < -0.39 is 0 Å². The van der Waals surface area contributed by atoms with Gasteiger partial charge in [0.2, 0.25) is 0 Å². The first-order valence-corrected chi connectivity index (χ1v) is 8.00. The van der Waals surface area contributed by atoms with Crippen LogP contribution in [-0.4, -0.2) is 37.8 Å². The monoisotopic (exact) mass is 442 g/mol. The molecule has 2 rings (SSSR count). The van der Waals surface area contributed by atoms with Gasteiger partial charge in [0, 0.05) is 39.1 Å². The van der Waals surface area contributed by atoms with E-state index in [0.717, 1.165) is 44.2 Å². The van der Waals surface area contributed by atoms with Crippen LogP contribution in [0.4, 0.5) is 0 Å². The molecule has 0 amide bonds. The van der Waals surface area contributed by atoms with Crippen LogP contribution < -0.4 is 15.4 Å². The van der Waals surface area contributed by atoms with Crippen molar-refractivity contribution in [3.8, 4) is 5.75 Å². The molecule has 1 aromatic carbocycles. The number of halogens is 1. The zero-order valence-corrected chi connectivity index (χ0v) is 16.7.